The molecule has 4 N–H and O–H groups in total. The van der Waals surface area contributed by atoms with Gasteiger partial charge in [-0.25, -0.2) is 0 Å². The zero-order chi connectivity index (χ0) is 21.7. The molecular weight excluding hydrogens is 426 g/mol. The van der Waals surface area contributed by atoms with Crippen LogP contribution in [0.1, 0.15) is 18.1 Å². The van der Waals surface area contributed by atoms with Crippen LogP contribution in [0.3, 0.4) is 0 Å². The molecule has 1 fully saturated rings. The SMILES string of the molecule is CCOc1cc(/C=C2\SC(Nc3ccc(Cl)cc3C)NC2=O)ccc1OCC(N)=O. The van der Waals surface area contributed by atoms with Crippen molar-refractivity contribution in [3.05, 3.63) is 57.5 Å². The first kappa shape index (κ1) is 21.9. The third-order valence-electron chi connectivity index (χ3n) is 4.14. The first-order valence-corrected chi connectivity index (χ1v) is 10.5. The summed E-state index contributed by atoms with van der Waals surface area (Å²) in [7, 11) is 0. The molecule has 2 aromatic carbocycles. The zero-order valence-electron chi connectivity index (χ0n) is 16.5. The van der Waals surface area contributed by atoms with Crippen molar-refractivity contribution in [2.45, 2.75) is 19.3 Å². The van der Waals surface area contributed by atoms with Gasteiger partial charge in [0.15, 0.2) is 23.6 Å². The molecule has 1 aliphatic heterocycles. The van der Waals surface area contributed by atoms with Crippen molar-refractivity contribution >= 4 is 46.9 Å². The summed E-state index contributed by atoms with van der Waals surface area (Å²) in [4.78, 5) is 23.9. The molecule has 2 aromatic rings. The van der Waals surface area contributed by atoms with Crippen LogP contribution in [0.4, 0.5) is 5.69 Å². The minimum atomic E-state index is -0.572. The Bertz CT molecular complexity index is 996. The smallest absolute Gasteiger partial charge is 0.260 e. The Labute approximate surface area is 183 Å². The van der Waals surface area contributed by atoms with Gasteiger partial charge in [-0.15, -0.1) is 0 Å². The number of hydrogen-bond acceptors (Lipinski definition) is 6. The van der Waals surface area contributed by atoms with E-state index in [4.69, 9.17) is 26.8 Å². The first-order valence-electron chi connectivity index (χ1n) is 9.25. The molecule has 0 radical (unpaired) electrons. The second-order valence-corrected chi connectivity index (χ2v) is 8.06. The highest BCUT2D eigenvalue weighted by Crippen LogP contribution is 2.34. The molecule has 3 rings (SSSR count). The maximum atomic E-state index is 12.4. The van der Waals surface area contributed by atoms with Gasteiger partial charge >= 0.3 is 0 Å². The lowest BCUT2D eigenvalue weighted by Crippen LogP contribution is -2.31. The second kappa shape index (κ2) is 9.77. The highest BCUT2D eigenvalue weighted by molar-refractivity contribution is 8.05. The lowest BCUT2D eigenvalue weighted by molar-refractivity contribution is -0.120. The molecule has 0 saturated carbocycles. The number of halogens is 1. The normalized spacial score (nSPS) is 17.0. The van der Waals surface area contributed by atoms with Crippen molar-refractivity contribution in [1.82, 2.24) is 5.32 Å². The number of carbonyl (C=O) groups is 2. The molecule has 1 saturated heterocycles. The minimum absolute atomic E-state index is 0.170. The second-order valence-electron chi connectivity index (χ2n) is 6.48. The Morgan fingerprint density at radius 3 is 2.77 bits per heavy atom. The Morgan fingerprint density at radius 1 is 1.27 bits per heavy atom. The summed E-state index contributed by atoms with van der Waals surface area (Å²) in [5.74, 6) is 0.148. The Morgan fingerprint density at radius 2 is 2.07 bits per heavy atom. The van der Waals surface area contributed by atoms with Gasteiger partial charge in [-0.1, -0.05) is 29.4 Å². The standard InChI is InChI=1S/C21H22ClN3O4S/c1-3-28-17-9-13(4-7-16(17)29-11-19(23)26)10-18-20(27)25-21(30-18)24-15-6-5-14(22)8-12(15)2/h4-10,21,24H,3,11H2,1-2H3,(H2,23,26)(H,25,27)/b18-10-. The maximum absolute atomic E-state index is 12.4. The van der Waals surface area contributed by atoms with Gasteiger partial charge in [0, 0.05) is 10.7 Å². The quantitative estimate of drug-likeness (QED) is 0.535. The van der Waals surface area contributed by atoms with Crippen molar-refractivity contribution < 1.29 is 19.1 Å². The van der Waals surface area contributed by atoms with E-state index in [1.54, 1.807) is 30.3 Å². The van der Waals surface area contributed by atoms with Crippen LogP contribution in [-0.4, -0.2) is 30.5 Å². The largest absolute Gasteiger partial charge is 0.490 e. The lowest BCUT2D eigenvalue weighted by atomic mass is 10.2. The van der Waals surface area contributed by atoms with Gasteiger partial charge in [0.1, 0.15) is 0 Å². The molecule has 0 aliphatic carbocycles. The van der Waals surface area contributed by atoms with E-state index in [1.807, 2.05) is 26.0 Å². The van der Waals surface area contributed by atoms with Gasteiger partial charge in [0.25, 0.3) is 11.8 Å². The number of nitrogens with two attached hydrogens (primary N) is 1. The number of anilines is 1. The van der Waals surface area contributed by atoms with Gasteiger partial charge in [0.05, 0.1) is 11.5 Å². The molecule has 1 atom stereocenters. The van der Waals surface area contributed by atoms with E-state index in [0.29, 0.717) is 28.0 Å². The van der Waals surface area contributed by atoms with Crippen LogP contribution in [0, 0.1) is 6.92 Å². The molecule has 0 aromatic heterocycles. The zero-order valence-corrected chi connectivity index (χ0v) is 18.1. The first-order chi connectivity index (χ1) is 14.4. The fourth-order valence-corrected chi connectivity index (χ4v) is 4.00. The molecule has 158 valence electrons. The molecular formula is C21H22ClN3O4S. The molecule has 1 heterocycles. The predicted octanol–water partition coefficient (Wildman–Crippen LogP) is 3.51. The number of thioether (sulfide) groups is 1. The number of primary amides is 1. The van der Waals surface area contributed by atoms with E-state index in [0.717, 1.165) is 16.8 Å². The number of amides is 2. The van der Waals surface area contributed by atoms with Crippen LogP contribution in [-0.2, 0) is 9.59 Å². The summed E-state index contributed by atoms with van der Waals surface area (Å²) in [6, 6.07) is 10.8. The van der Waals surface area contributed by atoms with Crippen molar-refractivity contribution in [3.63, 3.8) is 0 Å². The molecule has 30 heavy (non-hydrogen) atoms. The Kier molecular flexibility index (Phi) is 7.12. The highest BCUT2D eigenvalue weighted by Gasteiger charge is 2.27. The summed E-state index contributed by atoms with van der Waals surface area (Å²) < 4.78 is 11.0. The van der Waals surface area contributed by atoms with Crippen LogP contribution < -0.4 is 25.8 Å². The fraction of sp³-hybridized carbons (Fsp3) is 0.238. The van der Waals surface area contributed by atoms with E-state index >= 15 is 0 Å². The molecule has 1 aliphatic rings. The van der Waals surface area contributed by atoms with Crippen LogP contribution in [0.25, 0.3) is 6.08 Å². The van der Waals surface area contributed by atoms with E-state index < -0.39 is 5.91 Å². The number of nitrogens with one attached hydrogen (secondary N) is 2. The number of carbonyl (C=O) groups excluding carboxylic acids is 2. The summed E-state index contributed by atoms with van der Waals surface area (Å²) in [6.07, 6.45) is 1.77. The molecule has 0 spiro atoms. The average Bonchev–Trinajstić information content (AvgIpc) is 3.02. The van der Waals surface area contributed by atoms with Gasteiger partial charge in [-0.2, -0.15) is 0 Å². The summed E-state index contributed by atoms with van der Waals surface area (Å²) in [6.45, 7) is 3.98. The average molecular weight is 448 g/mol. The minimum Gasteiger partial charge on any atom is -0.490 e. The molecule has 9 heteroatoms. The molecule has 7 nitrogen and oxygen atoms in total. The monoisotopic (exact) mass is 447 g/mol. The Hall–Kier alpha value is -2.84. The van der Waals surface area contributed by atoms with E-state index in [2.05, 4.69) is 10.6 Å². The number of benzene rings is 2. The summed E-state index contributed by atoms with van der Waals surface area (Å²) in [5, 5.41) is 6.86. The van der Waals surface area contributed by atoms with Crippen molar-refractivity contribution in [2.75, 3.05) is 18.5 Å². The number of hydrogen-bond donors (Lipinski definition) is 3. The highest BCUT2D eigenvalue weighted by atomic mass is 35.5. The van der Waals surface area contributed by atoms with Gasteiger partial charge in [0.2, 0.25) is 0 Å². The molecule has 0 bridgehead atoms. The van der Waals surface area contributed by atoms with Crippen LogP contribution >= 0.6 is 23.4 Å². The van der Waals surface area contributed by atoms with Crippen molar-refractivity contribution in [3.8, 4) is 11.5 Å². The number of aryl methyl sites for hydroxylation is 1. The lowest BCUT2D eigenvalue weighted by Gasteiger charge is -2.15. The van der Waals surface area contributed by atoms with Crippen LogP contribution in [0.15, 0.2) is 41.3 Å². The molecule has 1 unspecified atom stereocenters. The van der Waals surface area contributed by atoms with Crippen molar-refractivity contribution in [1.29, 1.82) is 0 Å². The number of ether oxygens (including phenoxy) is 2. The summed E-state index contributed by atoms with van der Waals surface area (Å²) >= 11 is 7.38. The fourth-order valence-electron chi connectivity index (χ4n) is 2.80. The number of rotatable bonds is 8. The van der Waals surface area contributed by atoms with Gasteiger partial charge < -0.3 is 25.8 Å². The van der Waals surface area contributed by atoms with Crippen molar-refractivity contribution in [2.24, 2.45) is 5.73 Å². The van der Waals surface area contributed by atoms with Crippen LogP contribution in [0.5, 0.6) is 11.5 Å². The predicted molar refractivity (Wildman–Crippen MR) is 120 cm³/mol. The molecule has 2 amide bonds. The van der Waals surface area contributed by atoms with Crippen LogP contribution in [0.2, 0.25) is 5.02 Å². The van der Waals surface area contributed by atoms with Gasteiger partial charge in [-0.05, 0) is 61.4 Å². The third-order valence-corrected chi connectivity index (χ3v) is 5.40. The van der Waals surface area contributed by atoms with E-state index in [1.165, 1.54) is 11.8 Å². The van der Waals surface area contributed by atoms with E-state index in [9.17, 15) is 9.59 Å². The third kappa shape index (κ3) is 5.61. The maximum Gasteiger partial charge on any atom is 0.260 e. The summed E-state index contributed by atoms with van der Waals surface area (Å²) in [5.41, 5.74) is 7.49. The Balaban J connectivity index is 1.74. The van der Waals surface area contributed by atoms with E-state index in [-0.39, 0.29) is 18.0 Å². The van der Waals surface area contributed by atoms with Gasteiger partial charge in [-0.3, -0.25) is 9.59 Å². The topological polar surface area (TPSA) is 103 Å².